The van der Waals surface area contributed by atoms with E-state index < -0.39 is 10.0 Å². The van der Waals surface area contributed by atoms with Crippen molar-refractivity contribution in [3.63, 3.8) is 0 Å². The Morgan fingerprint density at radius 1 is 1.44 bits per heavy atom. The van der Waals surface area contributed by atoms with Crippen LogP contribution in [0, 0.1) is 0 Å². The smallest absolute Gasteiger partial charge is 0.246 e. The Hall–Kier alpha value is -1.44. The number of hydrogen-bond acceptors (Lipinski definition) is 4. The number of halogens is 1. The third-order valence-corrected chi connectivity index (χ3v) is 4.62. The number of nitrogens with one attached hydrogen (secondary N) is 1. The predicted molar refractivity (Wildman–Crippen MR) is 66.5 cm³/mol. The maximum absolute atomic E-state index is 12.2. The molecule has 2 aromatic rings. The summed E-state index contributed by atoms with van der Waals surface area (Å²) < 4.78 is 25.6. The van der Waals surface area contributed by atoms with E-state index in [2.05, 4.69) is 15.0 Å². The second-order valence-electron chi connectivity index (χ2n) is 3.60. The molecule has 0 aromatic carbocycles. The maximum atomic E-state index is 12.2. The molecule has 6 nitrogen and oxygen atoms in total. The van der Waals surface area contributed by atoms with Gasteiger partial charge in [0.2, 0.25) is 10.0 Å². The Labute approximate surface area is 110 Å². The van der Waals surface area contributed by atoms with Crippen LogP contribution < -0.4 is 0 Å². The van der Waals surface area contributed by atoms with Crippen molar-refractivity contribution in [2.24, 2.45) is 0 Å². The van der Waals surface area contributed by atoms with Gasteiger partial charge in [0.15, 0.2) is 0 Å². The molecule has 1 N–H and O–H groups in total. The quantitative estimate of drug-likeness (QED) is 0.918. The monoisotopic (exact) mass is 286 g/mol. The predicted octanol–water partition coefficient (Wildman–Crippen LogP) is 1.28. The van der Waals surface area contributed by atoms with Crippen LogP contribution in [0.4, 0.5) is 0 Å². The molecular weight excluding hydrogens is 276 g/mol. The maximum Gasteiger partial charge on any atom is 0.246 e. The van der Waals surface area contributed by atoms with Crippen molar-refractivity contribution in [3.05, 3.63) is 41.7 Å². The van der Waals surface area contributed by atoms with E-state index in [9.17, 15) is 8.42 Å². The van der Waals surface area contributed by atoms with Gasteiger partial charge in [0, 0.05) is 31.8 Å². The molecule has 0 bridgehead atoms. The Kier molecular flexibility index (Phi) is 3.65. The number of imidazole rings is 1. The number of nitrogens with zero attached hydrogens (tertiary/aromatic N) is 3. The van der Waals surface area contributed by atoms with Gasteiger partial charge in [0.1, 0.15) is 10.7 Å². The fraction of sp³-hybridized carbons (Fsp3) is 0.200. The number of rotatable bonds is 4. The minimum absolute atomic E-state index is 0.0132. The van der Waals surface area contributed by atoms with E-state index >= 15 is 0 Å². The summed E-state index contributed by atoms with van der Waals surface area (Å²) in [5, 5.41) is 0.149. The summed E-state index contributed by atoms with van der Waals surface area (Å²) in [6.45, 7) is 0.139. The molecule has 0 saturated heterocycles. The van der Waals surface area contributed by atoms with Crippen LogP contribution in [0.1, 0.15) is 5.82 Å². The Balaban J connectivity index is 2.29. The molecule has 0 fully saturated rings. The molecule has 8 heteroatoms. The largest absolute Gasteiger partial charge is 0.347 e. The standard InChI is InChI=1S/C10H11ClN4O2S/c1-15(7-10-13-4-5-14-10)18(16,17)9-6-12-3-2-8(9)11/h2-6H,7H2,1H3,(H,13,14). The summed E-state index contributed by atoms with van der Waals surface area (Å²) >= 11 is 5.87. The van der Waals surface area contributed by atoms with Gasteiger partial charge in [-0.25, -0.2) is 13.4 Å². The molecule has 0 aliphatic heterocycles. The van der Waals surface area contributed by atoms with Gasteiger partial charge in [-0.3, -0.25) is 4.98 Å². The molecule has 0 spiro atoms. The van der Waals surface area contributed by atoms with Crippen LogP contribution in [0.2, 0.25) is 5.02 Å². The van der Waals surface area contributed by atoms with Gasteiger partial charge >= 0.3 is 0 Å². The lowest BCUT2D eigenvalue weighted by Crippen LogP contribution is -2.27. The molecule has 96 valence electrons. The van der Waals surface area contributed by atoms with Gasteiger partial charge < -0.3 is 4.98 Å². The molecule has 0 radical (unpaired) electrons. The topological polar surface area (TPSA) is 79.0 Å². The first-order valence-corrected chi connectivity index (χ1v) is 6.87. The van der Waals surface area contributed by atoms with E-state index in [1.165, 1.54) is 25.5 Å². The van der Waals surface area contributed by atoms with Crippen molar-refractivity contribution >= 4 is 21.6 Å². The minimum Gasteiger partial charge on any atom is -0.347 e. The van der Waals surface area contributed by atoms with E-state index in [1.807, 2.05) is 0 Å². The number of sulfonamides is 1. The molecule has 0 aliphatic rings. The van der Waals surface area contributed by atoms with E-state index in [-0.39, 0.29) is 16.5 Å². The van der Waals surface area contributed by atoms with Gasteiger partial charge in [0.05, 0.1) is 11.6 Å². The van der Waals surface area contributed by atoms with E-state index in [1.54, 1.807) is 12.4 Å². The minimum atomic E-state index is -3.67. The highest BCUT2D eigenvalue weighted by atomic mass is 35.5. The molecule has 0 atom stereocenters. The van der Waals surface area contributed by atoms with Gasteiger partial charge in [0.25, 0.3) is 0 Å². The summed E-state index contributed by atoms with van der Waals surface area (Å²) in [5.74, 6) is 0.557. The summed E-state index contributed by atoms with van der Waals surface area (Å²) in [5.41, 5.74) is 0. The molecule has 0 amide bonds. The van der Waals surface area contributed by atoms with Crippen LogP contribution in [-0.4, -0.2) is 34.7 Å². The lowest BCUT2D eigenvalue weighted by Gasteiger charge is -2.16. The number of pyridine rings is 1. The molecule has 2 rings (SSSR count). The van der Waals surface area contributed by atoms with Crippen LogP contribution in [0.5, 0.6) is 0 Å². The molecule has 0 unspecified atom stereocenters. The SMILES string of the molecule is CN(Cc1ncc[nH]1)S(=O)(=O)c1cnccc1Cl. The molecule has 18 heavy (non-hydrogen) atoms. The first-order chi connectivity index (χ1) is 8.51. The highest BCUT2D eigenvalue weighted by molar-refractivity contribution is 7.89. The third kappa shape index (κ3) is 2.53. The highest BCUT2D eigenvalue weighted by Crippen LogP contribution is 2.22. The lowest BCUT2D eigenvalue weighted by atomic mass is 10.5. The van der Waals surface area contributed by atoms with Crippen LogP contribution in [0.15, 0.2) is 35.7 Å². The Bertz CT molecular complexity index is 627. The Morgan fingerprint density at radius 3 is 2.83 bits per heavy atom. The zero-order chi connectivity index (χ0) is 13.2. The number of aromatic amines is 1. The zero-order valence-corrected chi connectivity index (χ0v) is 11.1. The Morgan fingerprint density at radius 2 is 2.22 bits per heavy atom. The average Bonchev–Trinajstić information content (AvgIpc) is 2.82. The normalized spacial score (nSPS) is 11.9. The van der Waals surface area contributed by atoms with Gasteiger partial charge in [-0.15, -0.1) is 0 Å². The first kappa shape index (κ1) is 13.0. The zero-order valence-electron chi connectivity index (χ0n) is 9.54. The average molecular weight is 287 g/mol. The van der Waals surface area contributed by atoms with E-state index in [0.717, 1.165) is 4.31 Å². The number of aromatic nitrogens is 3. The van der Waals surface area contributed by atoms with Crippen LogP contribution >= 0.6 is 11.6 Å². The molecule has 0 saturated carbocycles. The van der Waals surface area contributed by atoms with E-state index in [4.69, 9.17) is 11.6 Å². The molecule has 2 aromatic heterocycles. The molecular formula is C10H11ClN4O2S. The van der Waals surface area contributed by atoms with Crippen molar-refractivity contribution < 1.29 is 8.42 Å². The molecule has 2 heterocycles. The lowest BCUT2D eigenvalue weighted by molar-refractivity contribution is 0.458. The molecule has 0 aliphatic carbocycles. The van der Waals surface area contributed by atoms with Crippen molar-refractivity contribution in [1.82, 2.24) is 19.3 Å². The van der Waals surface area contributed by atoms with Crippen LogP contribution in [0.3, 0.4) is 0 Å². The first-order valence-electron chi connectivity index (χ1n) is 5.06. The van der Waals surface area contributed by atoms with Crippen molar-refractivity contribution in [2.45, 2.75) is 11.4 Å². The summed E-state index contributed by atoms with van der Waals surface area (Å²) in [4.78, 5) is 10.6. The van der Waals surface area contributed by atoms with Crippen LogP contribution in [0.25, 0.3) is 0 Å². The number of H-pyrrole nitrogens is 1. The van der Waals surface area contributed by atoms with E-state index in [0.29, 0.717) is 5.82 Å². The third-order valence-electron chi connectivity index (χ3n) is 2.35. The van der Waals surface area contributed by atoms with Crippen molar-refractivity contribution in [3.8, 4) is 0 Å². The van der Waals surface area contributed by atoms with Gasteiger partial charge in [-0.1, -0.05) is 11.6 Å². The second-order valence-corrected chi connectivity index (χ2v) is 6.02. The van der Waals surface area contributed by atoms with Crippen molar-refractivity contribution in [1.29, 1.82) is 0 Å². The summed E-state index contributed by atoms with van der Waals surface area (Å²) in [7, 11) is -2.21. The number of hydrogen-bond donors (Lipinski definition) is 1. The fourth-order valence-corrected chi connectivity index (χ4v) is 2.94. The summed E-state index contributed by atoms with van der Waals surface area (Å²) in [6, 6.07) is 1.44. The van der Waals surface area contributed by atoms with Crippen molar-refractivity contribution in [2.75, 3.05) is 7.05 Å². The summed E-state index contributed by atoms with van der Waals surface area (Å²) in [6.07, 6.45) is 5.86. The van der Waals surface area contributed by atoms with Gasteiger partial charge in [-0.2, -0.15) is 4.31 Å². The highest BCUT2D eigenvalue weighted by Gasteiger charge is 2.24. The van der Waals surface area contributed by atoms with Gasteiger partial charge in [-0.05, 0) is 6.07 Å². The second kappa shape index (κ2) is 5.05. The fourth-order valence-electron chi connectivity index (χ4n) is 1.40. The van der Waals surface area contributed by atoms with Crippen LogP contribution in [-0.2, 0) is 16.6 Å².